The monoisotopic (exact) mass is 281 g/mol. The van der Waals surface area contributed by atoms with Crippen LogP contribution in [-0.4, -0.2) is 12.5 Å². The van der Waals surface area contributed by atoms with Crippen LogP contribution in [0.15, 0.2) is 24.3 Å². The maximum Gasteiger partial charge on any atom is 0.248 e. The zero-order chi connectivity index (χ0) is 14.4. The number of rotatable bonds is 6. The number of hydrogen-bond donors (Lipinski definition) is 1. The highest BCUT2D eigenvalue weighted by Crippen LogP contribution is 2.36. The van der Waals surface area contributed by atoms with Crippen molar-refractivity contribution in [3.8, 4) is 0 Å². The number of hydrogen-bond acceptors (Lipinski definition) is 1. The fourth-order valence-corrected chi connectivity index (χ4v) is 2.78. The lowest BCUT2D eigenvalue weighted by Crippen LogP contribution is -2.28. The van der Waals surface area contributed by atoms with Crippen LogP contribution in [0.25, 0.3) is 0 Å². The van der Waals surface area contributed by atoms with Gasteiger partial charge in [-0.1, -0.05) is 25.5 Å². The smallest absolute Gasteiger partial charge is 0.248 e. The second-order valence-corrected chi connectivity index (χ2v) is 5.98. The highest BCUT2D eigenvalue weighted by Gasteiger charge is 2.34. The molecule has 20 heavy (non-hydrogen) atoms. The second-order valence-electron chi connectivity index (χ2n) is 5.98. The van der Waals surface area contributed by atoms with Gasteiger partial charge in [-0.3, -0.25) is 0 Å². The van der Waals surface area contributed by atoms with Gasteiger partial charge in [0.2, 0.25) is 5.92 Å². The molecule has 1 aromatic carbocycles. The molecule has 2 rings (SSSR count). The van der Waals surface area contributed by atoms with Crippen LogP contribution in [0, 0.1) is 5.92 Å². The summed E-state index contributed by atoms with van der Waals surface area (Å²) in [4.78, 5) is 0. The topological polar surface area (TPSA) is 12.0 Å². The zero-order valence-corrected chi connectivity index (χ0v) is 12.3. The van der Waals surface area contributed by atoms with E-state index in [1.54, 1.807) is 0 Å². The molecular weight excluding hydrogens is 256 g/mol. The van der Waals surface area contributed by atoms with Crippen molar-refractivity contribution >= 4 is 5.69 Å². The summed E-state index contributed by atoms with van der Waals surface area (Å²) in [6.07, 6.45) is 4.90. The number of benzene rings is 1. The summed E-state index contributed by atoms with van der Waals surface area (Å²) in [5.41, 5.74) is 2.47. The van der Waals surface area contributed by atoms with E-state index < -0.39 is 5.92 Å². The molecule has 1 aromatic rings. The van der Waals surface area contributed by atoms with Crippen LogP contribution < -0.4 is 5.32 Å². The van der Waals surface area contributed by atoms with Crippen molar-refractivity contribution in [2.24, 2.45) is 5.92 Å². The first-order valence-corrected chi connectivity index (χ1v) is 7.80. The van der Waals surface area contributed by atoms with Gasteiger partial charge in [-0.25, -0.2) is 8.78 Å². The number of nitrogens with one attached hydrogen (secondary N) is 1. The Balaban J connectivity index is 1.79. The van der Waals surface area contributed by atoms with Crippen molar-refractivity contribution in [3.63, 3.8) is 0 Å². The molecule has 0 bridgehead atoms. The molecule has 0 spiro atoms. The van der Waals surface area contributed by atoms with Gasteiger partial charge in [0.1, 0.15) is 0 Å². The normalized spacial score (nSPS) is 18.9. The first kappa shape index (κ1) is 15.3. The van der Waals surface area contributed by atoms with E-state index in [9.17, 15) is 8.78 Å². The van der Waals surface area contributed by atoms with Crippen molar-refractivity contribution in [2.45, 2.75) is 57.8 Å². The highest BCUT2D eigenvalue weighted by atomic mass is 19.3. The van der Waals surface area contributed by atoms with Crippen LogP contribution in [0.4, 0.5) is 14.5 Å². The van der Waals surface area contributed by atoms with E-state index in [1.807, 2.05) is 0 Å². The molecule has 0 radical (unpaired) electrons. The third kappa shape index (κ3) is 4.77. The molecule has 112 valence electrons. The van der Waals surface area contributed by atoms with Crippen LogP contribution in [0.3, 0.4) is 0 Å². The maximum atomic E-state index is 13.1. The standard InChI is InChI=1S/C17H25F2N/c1-2-3-5-14-6-4-7-16(12-14)20-13-15-8-10-17(18,19)11-9-15/h4,6-7,12,15,20H,2-3,5,8-11,13H2,1H3. The van der Waals surface area contributed by atoms with E-state index in [-0.39, 0.29) is 12.8 Å². The predicted molar refractivity (Wildman–Crippen MR) is 80.4 cm³/mol. The first-order valence-electron chi connectivity index (χ1n) is 7.80. The Kier molecular flexibility index (Phi) is 5.38. The number of anilines is 1. The van der Waals surface area contributed by atoms with E-state index in [1.165, 1.54) is 18.4 Å². The van der Waals surface area contributed by atoms with E-state index >= 15 is 0 Å². The Bertz CT molecular complexity index is 407. The predicted octanol–water partition coefficient (Wildman–Crippen LogP) is 5.27. The van der Waals surface area contributed by atoms with Gasteiger partial charge in [0.15, 0.2) is 0 Å². The fourth-order valence-electron chi connectivity index (χ4n) is 2.78. The minimum atomic E-state index is -2.42. The highest BCUT2D eigenvalue weighted by molar-refractivity contribution is 5.45. The molecule has 1 aliphatic carbocycles. The molecule has 0 aliphatic heterocycles. The zero-order valence-electron chi connectivity index (χ0n) is 12.3. The Hall–Kier alpha value is -1.12. The lowest BCUT2D eigenvalue weighted by Gasteiger charge is -2.28. The van der Waals surface area contributed by atoms with Crippen LogP contribution in [0.5, 0.6) is 0 Å². The van der Waals surface area contributed by atoms with E-state index in [4.69, 9.17) is 0 Å². The third-order valence-electron chi connectivity index (χ3n) is 4.18. The van der Waals surface area contributed by atoms with Crippen molar-refractivity contribution in [3.05, 3.63) is 29.8 Å². The Morgan fingerprint density at radius 1 is 1.25 bits per heavy atom. The molecule has 1 nitrogen and oxygen atoms in total. The molecule has 1 N–H and O–H groups in total. The minimum Gasteiger partial charge on any atom is -0.385 e. The first-order chi connectivity index (χ1) is 9.59. The van der Waals surface area contributed by atoms with E-state index in [0.29, 0.717) is 18.8 Å². The lowest BCUT2D eigenvalue weighted by atomic mass is 9.87. The average molecular weight is 281 g/mol. The third-order valence-corrected chi connectivity index (χ3v) is 4.18. The quantitative estimate of drug-likeness (QED) is 0.749. The van der Waals surface area contributed by atoms with Gasteiger partial charge in [0.25, 0.3) is 0 Å². The summed E-state index contributed by atoms with van der Waals surface area (Å²) in [5, 5.41) is 3.41. The molecule has 0 atom stereocenters. The van der Waals surface area contributed by atoms with Crippen molar-refractivity contribution in [1.82, 2.24) is 0 Å². The minimum absolute atomic E-state index is 0.0515. The molecule has 0 saturated heterocycles. The Morgan fingerprint density at radius 3 is 2.70 bits per heavy atom. The largest absolute Gasteiger partial charge is 0.385 e. The number of alkyl halides is 2. The van der Waals surface area contributed by atoms with Gasteiger partial charge in [-0.2, -0.15) is 0 Å². The van der Waals surface area contributed by atoms with E-state index in [0.717, 1.165) is 18.7 Å². The van der Waals surface area contributed by atoms with Crippen LogP contribution in [0.2, 0.25) is 0 Å². The van der Waals surface area contributed by atoms with Crippen LogP contribution in [0.1, 0.15) is 51.0 Å². The number of unbranched alkanes of at least 4 members (excludes halogenated alkanes) is 1. The van der Waals surface area contributed by atoms with Gasteiger partial charge in [-0.05, 0) is 49.3 Å². The summed E-state index contributed by atoms with van der Waals surface area (Å²) < 4.78 is 26.2. The van der Waals surface area contributed by atoms with Crippen molar-refractivity contribution < 1.29 is 8.78 Å². The molecule has 1 saturated carbocycles. The van der Waals surface area contributed by atoms with Gasteiger partial charge in [-0.15, -0.1) is 0 Å². The Morgan fingerprint density at radius 2 is 2.00 bits per heavy atom. The SMILES string of the molecule is CCCCc1cccc(NCC2CCC(F)(F)CC2)c1. The molecule has 1 aliphatic rings. The van der Waals surface area contributed by atoms with Crippen LogP contribution in [-0.2, 0) is 6.42 Å². The van der Waals surface area contributed by atoms with E-state index in [2.05, 4.69) is 36.5 Å². The Labute approximate surface area is 120 Å². The van der Waals surface area contributed by atoms with Crippen molar-refractivity contribution in [2.75, 3.05) is 11.9 Å². The number of halogens is 2. The fraction of sp³-hybridized carbons (Fsp3) is 0.647. The molecule has 0 aromatic heterocycles. The molecule has 3 heteroatoms. The molecule has 0 amide bonds. The van der Waals surface area contributed by atoms with Gasteiger partial charge in [0, 0.05) is 25.1 Å². The summed E-state index contributed by atoms with van der Waals surface area (Å²) in [6, 6.07) is 8.48. The second kappa shape index (κ2) is 7.05. The maximum absolute atomic E-state index is 13.1. The average Bonchev–Trinajstić information content (AvgIpc) is 2.44. The summed E-state index contributed by atoms with van der Waals surface area (Å²) in [6.45, 7) is 3.01. The summed E-state index contributed by atoms with van der Waals surface area (Å²) in [5.74, 6) is -2.04. The van der Waals surface area contributed by atoms with Crippen molar-refractivity contribution in [1.29, 1.82) is 0 Å². The summed E-state index contributed by atoms with van der Waals surface area (Å²) in [7, 11) is 0. The lowest BCUT2D eigenvalue weighted by molar-refractivity contribution is -0.0443. The molecule has 0 heterocycles. The van der Waals surface area contributed by atoms with Gasteiger partial charge in [0.05, 0.1) is 0 Å². The molecule has 1 fully saturated rings. The molecular formula is C17H25F2N. The summed E-state index contributed by atoms with van der Waals surface area (Å²) >= 11 is 0. The molecule has 0 unspecified atom stereocenters. The van der Waals surface area contributed by atoms with Gasteiger partial charge >= 0.3 is 0 Å². The van der Waals surface area contributed by atoms with Crippen LogP contribution >= 0.6 is 0 Å². The number of aryl methyl sites for hydroxylation is 1. The van der Waals surface area contributed by atoms with Gasteiger partial charge < -0.3 is 5.32 Å².